The van der Waals surface area contributed by atoms with Gasteiger partial charge in [-0.15, -0.1) is 0 Å². The summed E-state index contributed by atoms with van der Waals surface area (Å²) in [5.74, 6) is 1.03. The van der Waals surface area contributed by atoms with Crippen molar-refractivity contribution in [1.82, 2.24) is 29.7 Å². The molecule has 0 unspecified atom stereocenters. The number of hydrogen-bond donors (Lipinski definition) is 2. The molecule has 0 spiro atoms. The van der Waals surface area contributed by atoms with Gasteiger partial charge in [0.05, 0.1) is 11.3 Å². The zero-order valence-electron chi connectivity index (χ0n) is 22.2. The first-order chi connectivity index (χ1) is 19.6. The molecule has 4 heterocycles. The highest BCUT2D eigenvalue weighted by molar-refractivity contribution is 5.87. The first-order valence-corrected chi connectivity index (χ1v) is 13.5. The van der Waals surface area contributed by atoms with E-state index in [-0.39, 0.29) is 11.9 Å². The number of likely N-dealkylation sites (tertiary alicyclic amines) is 1. The molecule has 3 aromatic heterocycles. The molecule has 5 aromatic rings. The van der Waals surface area contributed by atoms with E-state index < -0.39 is 0 Å². The predicted molar refractivity (Wildman–Crippen MR) is 159 cm³/mol. The molecule has 40 heavy (non-hydrogen) atoms. The van der Waals surface area contributed by atoms with Crippen molar-refractivity contribution < 1.29 is 4.79 Å². The minimum absolute atomic E-state index is 0.0983. The lowest BCUT2D eigenvalue weighted by Crippen LogP contribution is -2.43. The SMILES string of the molecule is C=CC(=O)NC1CCN(Cc2ccc(-n3c(-c4cccnc4N)nc4ccc(-c5ccccc5)nc43)cc2)CC1. The number of nitrogen functional groups attached to an aromatic ring is 1. The minimum atomic E-state index is -0.0983. The van der Waals surface area contributed by atoms with Crippen LogP contribution < -0.4 is 11.1 Å². The summed E-state index contributed by atoms with van der Waals surface area (Å²) in [4.78, 5) is 28.3. The third-order valence-corrected chi connectivity index (χ3v) is 7.37. The second-order valence-electron chi connectivity index (χ2n) is 10.0. The molecule has 1 saturated heterocycles. The summed E-state index contributed by atoms with van der Waals surface area (Å²) in [7, 11) is 0. The van der Waals surface area contributed by atoms with Crippen molar-refractivity contribution in [2.75, 3.05) is 18.8 Å². The summed E-state index contributed by atoms with van der Waals surface area (Å²) < 4.78 is 2.06. The van der Waals surface area contributed by atoms with Gasteiger partial charge >= 0.3 is 0 Å². The number of pyridine rings is 2. The number of hydrogen-bond acceptors (Lipinski definition) is 6. The van der Waals surface area contributed by atoms with Gasteiger partial charge in [0.1, 0.15) is 11.3 Å². The van der Waals surface area contributed by atoms with Gasteiger partial charge in [-0.05, 0) is 60.9 Å². The first kappa shape index (κ1) is 25.5. The van der Waals surface area contributed by atoms with E-state index in [4.69, 9.17) is 15.7 Å². The Balaban J connectivity index is 1.31. The smallest absolute Gasteiger partial charge is 0.243 e. The lowest BCUT2D eigenvalue weighted by molar-refractivity contribution is -0.117. The van der Waals surface area contributed by atoms with Crippen molar-refractivity contribution in [3.63, 3.8) is 0 Å². The molecule has 0 aliphatic carbocycles. The average molecular weight is 530 g/mol. The van der Waals surface area contributed by atoms with Crippen molar-refractivity contribution >= 4 is 22.9 Å². The fourth-order valence-electron chi connectivity index (χ4n) is 5.26. The Hall–Kier alpha value is -4.82. The van der Waals surface area contributed by atoms with Crippen molar-refractivity contribution in [2.45, 2.75) is 25.4 Å². The summed E-state index contributed by atoms with van der Waals surface area (Å²) in [6, 6.07) is 26.7. The normalized spacial score (nSPS) is 14.3. The number of piperidine rings is 1. The van der Waals surface area contributed by atoms with Gasteiger partial charge in [-0.2, -0.15) is 0 Å². The van der Waals surface area contributed by atoms with Crippen molar-refractivity contribution in [2.24, 2.45) is 0 Å². The van der Waals surface area contributed by atoms with Crippen LogP contribution in [0.5, 0.6) is 0 Å². The van der Waals surface area contributed by atoms with Crippen LogP contribution in [-0.2, 0) is 11.3 Å². The summed E-state index contributed by atoms with van der Waals surface area (Å²) in [6.45, 7) is 6.27. The molecular weight excluding hydrogens is 498 g/mol. The van der Waals surface area contributed by atoms with Crippen LogP contribution in [0.1, 0.15) is 18.4 Å². The van der Waals surface area contributed by atoms with E-state index >= 15 is 0 Å². The average Bonchev–Trinajstić information content (AvgIpc) is 3.37. The number of fused-ring (bicyclic) bond motifs is 1. The molecule has 1 aliphatic rings. The highest BCUT2D eigenvalue weighted by atomic mass is 16.1. The molecule has 1 aliphatic heterocycles. The van der Waals surface area contributed by atoms with E-state index in [1.54, 1.807) is 6.20 Å². The van der Waals surface area contributed by atoms with Gasteiger partial charge in [-0.1, -0.05) is 49.0 Å². The molecule has 200 valence electrons. The number of rotatable bonds is 7. The lowest BCUT2D eigenvalue weighted by Gasteiger charge is -2.32. The number of nitrogens with two attached hydrogens (primary N) is 1. The highest BCUT2D eigenvalue weighted by Crippen LogP contribution is 2.32. The van der Waals surface area contributed by atoms with Crippen molar-refractivity contribution in [1.29, 1.82) is 0 Å². The van der Waals surface area contributed by atoms with Crippen LogP contribution in [0.2, 0.25) is 0 Å². The number of carbonyl (C=O) groups excluding carboxylic acids is 1. The Morgan fingerprint density at radius 3 is 2.48 bits per heavy atom. The topological polar surface area (TPSA) is 102 Å². The number of carbonyl (C=O) groups is 1. The van der Waals surface area contributed by atoms with E-state index in [0.717, 1.165) is 66.1 Å². The third-order valence-electron chi connectivity index (χ3n) is 7.37. The van der Waals surface area contributed by atoms with E-state index in [2.05, 4.69) is 62.7 Å². The van der Waals surface area contributed by atoms with Crippen LogP contribution >= 0.6 is 0 Å². The van der Waals surface area contributed by atoms with Crippen molar-refractivity contribution in [3.8, 4) is 28.3 Å². The van der Waals surface area contributed by atoms with Gasteiger partial charge in [0.25, 0.3) is 0 Å². The zero-order chi connectivity index (χ0) is 27.5. The van der Waals surface area contributed by atoms with Gasteiger partial charge in [-0.25, -0.2) is 15.0 Å². The number of amides is 1. The predicted octanol–water partition coefficient (Wildman–Crippen LogP) is 5.00. The molecule has 8 nitrogen and oxygen atoms in total. The minimum Gasteiger partial charge on any atom is -0.383 e. The summed E-state index contributed by atoms with van der Waals surface area (Å²) >= 11 is 0. The highest BCUT2D eigenvalue weighted by Gasteiger charge is 2.21. The Kier molecular flexibility index (Phi) is 7.08. The van der Waals surface area contributed by atoms with Crippen LogP contribution in [0.3, 0.4) is 0 Å². The lowest BCUT2D eigenvalue weighted by atomic mass is 10.0. The van der Waals surface area contributed by atoms with Gasteiger partial charge in [0.15, 0.2) is 11.5 Å². The number of anilines is 1. The van der Waals surface area contributed by atoms with Crippen molar-refractivity contribution in [3.05, 3.63) is 103 Å². The zero-order valence-corrected chi connectivity index (χ0v) is 22.2. The van der Waals surface area contributed by atoms with E-state index in [1.807, 2.05) is 42.5 Å². The molecule has 0 atom stereocenters. The van der Waals surface area contributed by atoms with Gasteiger partial charge < -0.3 is 11.1 Å². The third kappa shape index (κ3) is 5.21. The standard InChI is InChI=1S/C32H31N7O/c1-2-29(40)35-24-16-19-38(20-17-24)21-22-10-12-25(13-11-22)39-31(26-9-6-18-34-30(26)33)37-28-15-14-27(36-32(28)39)23-7-4-3-5-8-23/h2-15,18,24H,1,16-17,19-21H2,(H2,33,34)(H,35,40). The maximum absolute atomic E-state index is 11.6. The molecule has 1 amide bonds. The first-order valence-electron chi connectivity index (χ1n) is 13.5. The Morgan fingerprint density at radius 1 is 0.975 bits per heavy atom. The molecule has 0 bridgehead atoms. The molecule has 0 radical (unpaired) electrons. The molecule has 0 saturated carbocycles. The summed E-state index contributed by atoms with van der Waals surface area (Å²) in [5.41, 5.74) is 12.7. The molecule has 1 fully saturated rings. The van der Waals surface area contributed by atoms with E-state index in [0.29, 0.717) is 11.6 Å². The number of benzene rings is 2. The number of nitrogens with one attached hydrogen (secondary N) is 1. The number of aromatic nitrogens is 4. The summed E-state index contributed by atoms with van der Waals surface area (Å²) in [6.07, 6.45) is 4.89. The van der Waals surface area contributed by atoms with Gasteiger partial charge in [0, 0.05) is 43.1 Å². The van der Waals surface area contributed by atoms with Crippen LogP contribution in [0.25, 0.3) is 39.5 Å². The van der Waals surface area contributed by atoms with E-state index in [1.165, 1.54) is 11.6 Å². The fraction of sp³-hybridized carbons (Fsp3) is 0.188. The number of nitrogens with zero attached hydrogens (tertiary/aromatic N) is 5. The monoisotopic (exact) mass is 529 g/mol. The second kappa shape index (κ2) is 11.1. The Morgan fingerprint density at radius 2 is 1.75 bits per heavy atom. The van der Waals surface area contributed by atoms with Crippen LogP contribution in [-0.4, -0.2) is 49.5 Å². The van der Waals surface area contributed by atoms with Gasteiger partial charge in [-0.3, -0.25) is 14.3 Å². The maximum atomic E-state index is 11.6. The molecule has 2 aromatic carbocycles. The summed E-state index contributed by atoms with van der Waals surface area (Å²) in [5, 5.41) is 3.02. The Bertz CT molecular complexity index is 1650. The quantitative estimate of drug-likeness (QED) is 0.288. The Labute approximate surface area is 233 Å². The van der Waals surface area contributed by atoms with Crippen LogP contribution in [0.4, 0.5) is 5.82 Å². The molecular formula is C32H31N7O. The van der Waals surface area contributed by atoms with E-state index in [9.17, 15) is 4.79 Å². The van der Waals surface area contributed by atoms with Crippen LogP contribution in [0.15, 0.2) is 97.7 Å². The molecule has 8 heteroatoms. The van der Waals surface area contributed by atoms with Gasteiger partial charge in [0.2, 0.25) is 5.91 Å². The molecule has 3 N–H and O–H groups in total. The number of imidazole rings is 1. The molecule has 6 rings (SSSR count). The fourth-order valence-corrected chi connectivity index (χ4v) is 5.26. The van der Waals surface area contributed by atoms with Crippen LogP contribution in [0, 0.1) is 0 Å². The largest absolute Gasteiger partial charge is 0.383 e. The second-order valence-corrected chi connectivity index (χ2v) is 10.0. The maximum Gasteiger partial charge on any atom is 0.243 e.